The lowest BCUT2D eigenvalue weighted by Gasteiger charge is -2.30. The molecule has 0 aromatic heterocycles. The Morgan fingerprint density at radius 2 is 2.05 bits per heavy atom. The van der Waals surface area contributed by atoms with Crippen LogP contribution in [0.1, 0.15) is 24.8 Å². The Morgan fingerprint density at radius 3 is 2.68 bits per heavy atom. The van der Waals surface area contributed by atoms with E-state index in [9.17, 15) is 0 Å². The summed E-state index contributed by atoms with van der Waals surface area (Å²) >= 11 is 6.25. The molecule has 1 aliphatic heterocycles. The van der Waals surface area contributed by atoms with Gasteiger partial charge in [-0.2, -0.15) is 0 Å². The first kappa shape index (κ1) is 15.9. The van der Waals surface area contributed by atoms with Gasteiger partial charge in [-0.3, -0.25) is 0 Å². The second-order valence-electron chi connectivity index (χ2n) is 6.11. The molecular formula is C17H25ClN2O2. The lowest BCUT2D eigenvalue weighted by Crippen LogP contribution is -2.44. The van der Waals surface area contributed by atoms with Crippen molar-refractivity contribution in [3.05, 3.63) is 22.7 Å². The fourth-order valence-electron chi connectivity index (χ4n) is 2.96. The molecule has 0 atom stereocenters. The van der Waals surface area contributed by atoms with E-state index in [1.807, 2.05) is 12.1 Å². The van der Waals surface area contributed by atoms with E-state index in [4.69, 9.17) is 21.1 Å². The van der Waals surface area contributed by atoms with Crippen LogP contribution in [0.4, 0.5) is 0 Å². The number of hydrogen-bond acceptors (Lipinski definition) is 4. The minimum absolute atomic E-state index is 0.341. The Hall–Kier alpha value is -0.970. The maximum Gasteiger partial charge on any atom is 0.164 e. The third kappa shape index (κ3) is 3.86. The van der Waals surface area contributed by atoms with E-state index in [1.54, 1.807) is 7.11 Å². The monoisotopic (exact) mass is 324 g/mol. The third-order valence-electron chi connectivity index (χ3n) is 4.56. The molecule has 1 saturated carbocycles. The first-order valence-corrected chi connectivity index (χ1v) is 8.60. The zero-order valence-electron chi connectivity index (χ0n) is 13.2. The Morgan fingerprint density at radius 1 is 1.27 bits per heavy atom. The largest absolute Gasteiger partial charge is 0.493 e. The molecule has 4 nitrogen and oxygen atoms in total. The number of halogens is 1. The number of nitrogens with zero attached hydrogens (tertiary/aromatic N) is 1. The molecule has 1 aliphatic carbocycles. The van der Waals surface area contributed by atoms with E-state index >= 15 is 0 Å². The molecule has 1 aromatic carbocycles. The summed E-state index contributed by atoms with van der Waals surface area (Å²) in [5.41, 5.74) is 1.16. The summed E-state index contributed by atoms with van der Waals surface area (Å²) in [6.07, 6.45) is 4.83. The van der Waals surface area contributed by atoms with E-state index in [1.165, 1.54) is 6.42 Å². The quantitative estimate of drug-likeness (QED) is 0.872. The number of methoxy groups -OCH3 is 1. The summed E-state index contributed by atoms with van der Waals surface area (Å²) in [4.78, 5) is 2.48. The van der Waals surface area contributed by atoms with Crippen molar-refractivity contribution in [3.63, 3.8) is 0 Å². The SMILES string of the molecule is COc1cc(Cl)cc(CCN2CCNCC2)c1OC1CCC1. The summed E-state index contributed by atoms with van der Waals surface area (Å²) in [7, 11) is 1.68. The van der Waals surface area contributed by atoms with E-state index in [-0.39, 0.29) is 0 Å². The van der Waals surface area contributed by atoms with Crippen LogP contribution in [0, 0.1) is 0 Å². The summed E-state index contributed by atoms with van der Waals surface area (Å²) in [6, 6.07) is 3.88. The fourth-order valence-corrected chi connectivity index (χ4v) is 3.19. The van der Waals surface area contributed by atoms with E-state index in [0.717, 1.165) is 69.0 Å². The van der Waals surface area contributed by atoms with E-state index < -0.39 is 0 Å². The van der Waals surface area contributed by atoms with Gasteiger partial charge in [-0.25, -0.2) is 0 Å². The van der Waals surface area contributed by atoms with Crippen molar-refractivity contribution >= 4 is 11.6 Å². The minimum atomic E-state index is 0.341. The lowest BCUT2D eigenvalue weighted by molar-refractivity contribution is 0.114. The highest BCUT2D eigenvalue weighted by molar-refractivity contribution is 6.30. The molecule has 5 heteroatoms. The highest BCUT2D eigenvalue weighted by atomic mass is 35.5. The van der Waals surface area contributed by atoms with Crippen LogP contribution in [0.5, 0.6) is 11.5 Å². The standard InChI is InChI=1S/C17H25ClN2O2/c1-21-16-12-14(18)11-13(17(16)22-15-3-2-4-15)5-8-20-9-6-19-7-10-20/h11-12,15,19H,2-10H2,1H3. The highest BCUT2D eigenvalue weighted by Gasteiger charge is 2.23. The molecule has 122 valence electrons. The van der Waals surface area contributed by atoms with Gasteiger partial charge >= 0.3 is 0 Å². The molecule has 1 N–H and O–H groups in total. The molecule has 22 heavy (non-hydrogen) atoms. The molecule has 2 fully saturated rings. The van der Waals surface area contributed by atoms with Crippen LogP contribution in [0.25, 0.3) is 0 Å². The molecule has 0 bridgehead atoms. The van der Waals surface area contributed by atoms with E-state index in [2.05, 4.69) is 10.2 Å². The van der Waals surface area contributed by atoms with Gasteiger partial charge in [0.05, 0.1) is 13.2 Å². The van der Waals surface area contributed by atoms with Gasteiger partial charge in [0, 0.05) is 49.4 Å². The highest BCUT2D eigenvalue weighted by Crippen LogP contribution is 2.38. The molecular weight excluding hydrogens is 300 g/mol. The van der Waals surface area contributed by atoms with E-state index in [0.29, 0.717) is 11.1 Å². The molecule has 3 rings (SSSR count). The number of rotatable bonds is 6. The van der Waals surface area contributed by atoms with Gasteiger partial charge in [-0.15, -0.1) is 0 Å². The van der Waals surface area contributed by atoms with Crippen LogP contribution in [0.2, 0.25) is 5.02 Å². The maximum atomic E-state index is 6.25. The lowest BCUT2D eigenvalue weighted by atomic mass is 9.96. The van der Waals surface area contributed by atoms with Crippen LogP contribution in [-0.4, -0.2) is 50.8 Å². The molecule has 1 aromatic rings. The second-order valence-corrected chi connectivity index (χ2v) is 6.55. The molecule has 1 saturated heterocycles. The molecule has 1 heterocycles. The number of ether oxygens (including phenoxy) is 2. The van der Waals surface area contributed by atoms with Crippen molar-refractivity contribution in [2.75, 3.05) is 39.8 Å². The molecule has 0 amide bonds. The van der Waals surface area contributed by atoms with Crippen molar-refractivity contribution in [3.8, 4) is 11.5 Å². The number of benzene rings is 1. The zero-order chi connectivity index (χ0) is 15.4. The van der Waals surface area contributed by atoms with Gasteiger partial charge < -0.3 is 19.7 Å². The molecule has 0 radical (unpaired) electrons. The van der Waals surface area contributed by atoms with Crippen LogP contribution >= 0.6 is 11.6 Å². The van der Waals surface area contributed by atoms with Crippen molar-refractivity contribution in [1.29, 1.82) is 0 Å². The Labute approximate surface area is 137 Å². The van der Waals surface area contributed by atoms with Gasteiger partial charge in [0.2, 0.25) is 0 Å². The smallest absolute Gasteiger partial charge is 0.164 e. The summed E-state index contributed by atoms with van der Waals surface area (Å²) in [6.45, 7) is 5.40. The van der Waals surface area contributed by atoms with Crippen LogP contribution in [0.15, 0.2) is 12.1 Å². The summed E-state index contributed by atoms with van der Waals surface area (Å²) in [5.74, 6) is 1.65. The topological polar surface area (TPSA) is 33.7 Å². The number of piperazine rings is 1. The normalized spacial score (nSPS) is 19.7. The van der Waals surface area contributed by atoms with Gasteiger partial charge in [0.15, 0.2) is 11.5 Å². The Balaban J connectivity index is 1.72. The predicted molar refractivity (Wildman–Crippen MR) is 89.3 cm³/mol. The fraction of sp³-hybridized carbons (Fsp3) is 0.647. The second kappa shape index (κ2) is 7.53. The predicted octanol–water partition coefficient (Wildman–Crippen LogP) is 2.73. The average molecular weight is 325 g/mol. The van der Waals surface area contributed by atoms with Crippen molar-refractivity contribution < 1.29 is 9.47 Å². The minimum Gasteiger partial charge on any atom is -0.493 e. The van der Waals surface area contributed by atoms with Crippen molar-refractivity contribution in [2.24, 2.45) is 0 Å². The van der Waals surface area contributed by atoms with Gasteiger partial charge in [-0.05, 0) is 31.7 Å². The van der Waals surface area contributed by atoms with Crippen LogP contribution in [0.3, 0.4) is 0 Å². The third-order valence-corrected chi connectivity index (χ3v) is 4.78. The Kier molecular flexibility index (Phi) is 5.45. The maximum absolute atomic E-state index is 6.25. The van der Waals surface area contributed by atoms with Crippen LogP contribution < -0.4 is 14.8 Å². The first-order chi connectivity index (χ1) is 10.8. The molecule has 0 unspecified atom stereocenters. The number of hydrogen-bond donors (Lipinski definition) is 1. The zero-order valence-corrected chi connectivity index (χ0v) is 14.0. The molecule has 0 spiro atoms. The van der Waals surface area contributed by atoms with Crippen molar-refractivity contribution in [2.45, 2.75) is 31.8 Å². The van der Waals surface area contributed by atoms with Gasteiger partial charge in [0.1, 0.15) is 0 Å². The molecule has 2 aliphatic rings. The summed E-state index contributed by atoms with van der Waals surface area (Å²) < 4.78 is 11.7. The van der Waals surface area contributed by atoms with Crippen LogP contribution in [-0.2, 0) is 6.42 Å². The van der Waals surface area contributed by atoms with Gasteiger partial charge in [0.25, 0.3) is 0 Å². The average Bonchev–Trinajstić information content (AvgIpc) is 2.50. The number of nitrogens with one attached hydrogen (secondary N) is 1. The van der Waals surface area contributed by atoms with Gasteiger partial charge in [-0.1, -0.05) is 11.6 Å². The van der Waals surface area contributed by atoms with Crippen molar-refractivity contribution in [1.82, 2.24) is 10.2 Å². The Bertz CT molecular complexity index is 500. The first-order valence-electron chi connectivity index (χ1n) is 8.22. The summed E-state index contributed by atoms with van der Waals surface area (Å²) in [5, 5.41) is 4.10.